The topological polar surface area (TPSA) is 50.6 Å². The van der Waals surface area contributed by atoms with Gasteiger partial charge < -0.3 is 9.64 Å². The number of methoxy groups -OCH3 is 1. The summed E-state index contributed by atoms with van der Waals surface area (Å²) in [5, 5.41) is 0. The van der Waals surface area contributed by atoms with E-state index >= 15 is 0 Å². The van der Waals surface area contributed by atoms with Crippen LogP contribution in [0.3, 0.4) is 0 Å². The summed E-state index contributed by atoms with van der Waals surface area (Å²) in [6, 6.07) is 13.3. The van der Waals surface area contributed by atoms with Crippen LogP contribution in [-0.2, 0) is 6.42 Å². The number of halogens is 1. The number of aromatic nitrogens is 2. The molecule has 1 saturated heterocycles. The van der Waals surface area contributed by atoms with Gasteiger partial charge in [0.05, 0.1) is 12.8 Å². The van der Waals surface area contributed by atoms with Crippen molar-refractivity contribution in [2.75, 3.05) is 25.1 Å². The Balaban J connectivity index is 1.17. The highest BCUT2D eigenvalue weighted by atomic mass is 19.1. The Kier molecular flexibility index (Phi) is 6.31. The van der Waals surface area contributed by atoms with E-state index in [-0.39, 0.29) is 17.0 Å². The van der Waals surface area contributed by atoms with Gasteiger partial charge in [-0.25, -0.2) is 14.4 Å². The molecular formula is C33H31FN4O. The van der Waals surface area contributed by atoms with Crippen molar-refractivity contribution in [3.8, 4) is 18.1 Å². The predicted octanol–water partition coefficient (Wildman–Crippen LogP) is 6.58. The molecule has 6 rings (SSSR count). The van der Waals surface area contributed by atoms with Crippen molar-refractivity contribution in [2.24, 2.45) is 10.4 Å². The zero-order valence-corrected chi connectivity index (χ0v) is 22.6. The van der Waals surface area contributed by atoms with Crippen molar-refractivity contribution in [1.29, 1.82) is 0 Å². The van der Waals surface area contributed by atoms with Gasteiger partial charge in [0, 0.05) is 53.9 Å². The molecular weight excluding hydrogens is 487 g/mol. The number of terminal acetylenes is 1. The number of fused-ring (bicyclic) bond motifs is 1. The number of piperidine rings is 1. The second-order valence-corrected chi connectivity index (χ2v) is 10.8. The van der Waals surface area contributed by atoms with Crippen LogP contribution in [0.1, 0.15) is 61.1 Å². The summed E-state index contributed by atoms with van der Waals surface area (Å²) in [6.45, 7) is 6.13. The van der Waals surface area contributed by atoms with Gasteiger partial charge in [-0.1, -0.05) is 31.0 Å². The quantitative estimate of drug-likeness (QED) is 0.358. The second-order valence-electron chi connectivity index (χ2n) is 10.8. The lowest BCUT2D eigenvalue weighted by Crippen LogP contribution is -2.43. The summed E-state index contributed by atoms with van der Waals surface area (Å²) in [4.78, 5) is 16.7. The van der Waals surface area contributed by atoms with Gasteiger partial charge in [-0.05, 0) is 72.4 Å². The molecule has 0 atom stereocenters. The van der Waals surface area contributed by atoms with Gasteiger partial charge in [-0.3, -0.25) is 4.99 Å². The Morgan fingerprint density at radius 2 is 1.77 bits per heavy atom. The molecule has 1 fully saturated rings. The van der Waals surface area contributed by atoms with Crippen LogP contribution in [0.15, 0.2) is 59.5 Å². The molecule has 1 aromatic heterocycles. The minimum Gasteiger partial charge on any atom is -0.494 e. The fourth-order valence-electron chi connectivity index (χ4n) is 5.95. The normalized spacial score (nSPS) is 18.0. The third kappa shape index (κ3) is 4.52. The summed E-state index contributed by atoms with van der Waals surface area (Å²) in [5.74, 6) is 3.60. The number of benzene rings is 2. The Bertz CT molecular complexity index is 1580. The zero-order chi connectivity index (χ0) is 27.1. The number of rotatable bonds is 5. The number of anilines is 1. The Morgan fingerprint density at radius 1 is 1.03 bits per heavy atom. The van der Waals surface area contributed by atoms with Crippen LogP contribution in [0.25, 0.3) is 17.2 Å². The fourth-order valence-corrected chi connectivity index (χ4v) is 5.95. The van der Waals surface area contributed by atoms with E-state index in [1.165, 1.54) is 24.0 Å². The number of ether oxygens (including phenoxy) is 1. The molecule has 2 aromatic carbocycles. The van der Waals surface area contributed by atoms with Crippen LogP contribution in [0.2, 0.25) is 0 Å². The summed E-state index contributed by atoms with van der Waals surface area (Å²) >= 11 is 0. The van der Waals surface area contributed by atoms with Crippen molar-refractivity contribution in [2.45, 2.75) is 39.5 Å². The van der Waals surface area contributed by atoms with Gasteiger partial charge in [-0.15, -0.1) is 6.42 Å². The Labute approximate surface area is 229 Å². The first-order valence-corrected chi connectivity index (χ1v) is 13.4. The molecule has 0 N–H and O–H groups in total. The molecule has 1 aliphatic carbocycles. The molecule has 0 amide bonds. The van der Waals surface area contributed by atoms with E-state index in [2.05, 4.69) is 40.9 Å². The third-order valence-electron chi connectivity index (χ3n) is 8.49. The highest BCUT2D eigenvalue weighted by Crippen LogP contribution is 2.43. The molecule has 2 aliphatic heterocycles. The van der Waals surface area contributed by atoms with Crippen molar-refractivity contribution in [1.82, 2.24) is 9.97 Å². The summed E-state index contributed by atoms with van der Waals surface area (Å²) in [5.41, 5.74) is 9.59. The van der Waals surface area contributed by atoms with E-state index in [9.17, 15) is 4.39 Å². The van der Waals surface area contributed by atoms with Crippen molar-refractivity contribution >= 4 is 28.8 Å². The SMILES string of the molecule is C#Cc1ccc(C2=Cc3c(ncnc3N3CCC(C)(C4=NC(C)=C(c5ccc(OC)c(F)c5)C4)CC3)C2)cc1. The third-order valence-corrected chi connectivity index (χ3v) is 8.49. The smallest absolute Gasteiger partial charge is 0.165 e. The van der Waals surface area contributed by atoms with E-state index in [0.29, 0.717) is 0 Å². The van der Waals surface area contributed by atoms with E-state index in [1.807, 2.05) is 25.1 Å². The Hall–Kier alpha value is -4.24. The number of hydrogen-bond donors (Lipinski definition) is 0. The van der Waals surface area contributed by atoms with E-state index < -0.39 is 0 Å². The van der Waals surface area contributed by atoms with Gasteiger partial charge in [0.1, 0.15) is 12.1 Å². The highest BCUT2D eigenvalue weighted by Gasteiger charge is 2.38. The largest absolute Gasteiger partial charge is 0.494 e. The van der Waals surface area contributed by atoms with Crippen LogP contribution in [0, 0.1) is 23.6 Å². The summed E-state index contributed by atoms with van der Waals surface area (Å²) in [6.07, 6.45) is 12.9. The molecule has 6 heteroatoms. The molecule has 0 saturated carbocycles. The monoisotopic (exact) mass is 518 g/mol. The van der Waals surface area contributed by atoms with E-state index in [1.54, 1.807) is 18.5 Å². The first-order chi connectivity index (χ1) is 18.9. The van der Waals surface area contributed by atoms with Crippen LogP contribution < -0.4 is 9.64 Å². The maximum Gasteiger partial charge on any atom is 0.165 e. The van der Waals surface area contributed by atoms with Gasteiger partial charge in [0.15, 0.2) is 11.6 Å². The number of aliphatic imine (C=N–C) groups is 1. The molecule has 196 valence electrons. The van der Waals surface area contributed by atoms with Gasteiger partial charge in [0.2, 0.25) is 0 Å². The molecule has 3 heterocycles. The first-order valence-electron chi connectivity index (χ1n) is 13.4. The molecule has 0 radical (unpaired) electrons. The Morgan fingerprint density at radius 3 is 2.46 bits per heavy atom. The fraction of sp³-hybridized carbons (Fsp3) is 0.303. The lowest BCUT2D eigenvalue weighted by molar-refractivity contribution is 0.351. The van der Waals surface area contributed by atoms with Gasteiger partial charge in [0.25, 0.3) is 0 Å². The zero-order valence-electron chi connectivity index (χ0n) is 22.6. The minimum atomic E-state index is -0.345. The maximum absolute atomic E-state index is 14.4. The number of hydrogen-bond acceptors (Lipinski definition) is 5. The lowest BCUT2D eigenvalue weighted by atomic mass is 9.74. The minimum absolute atomic E-state index is 0.0134. The summed E-state index contributed by atoms with van der Waals surface area (Å²) < 4.78 is 19.5. The van der Waals surface area contributed by atoms with Crippen LogP contribution in [0.5, 0.6) is 5.75 Å². The van der Waals surface area contributed by atoms with E-state index in [0.717, 1.165) is 78.2 Å². The molecule has 0 unspecified atom stereocenters. The van der Waals surface area contributed by atoms with Crippen molar-refractivity contribution in [3.63, 3.8) is 0 Å². The second kappa shape index (κ2) is 9.81. The van der Waals surface area contributed by atoms with Crippen LogP contribution in [-0.4, -0.2) is 35.9 Å². The molecule has 39 heavy (non-hydrogen) atoms. The van der Waals surface area contributed by atoms with Crippen molar-refractivity contribution < 1.29 is 9.13 Å². The molecule has 3 aromatic rings. The molecule has 0 bridgehead atoms. The van der Waals surface area contributed by atoms with Crippen LogP contribution >= 0.6 is 0 Å². The lowest BCUT2D eigenvalue weighted by Gasteiger charge is -2.40. The van der Waals surface area contributed by atoms with Gasteiger partial charge in [-0.2, -0.15) is 0 Å². The average Bonchev–Trinajstić information content (AvgIpc) is 3.58. The van der Waals surface area contributed by atoms with Crippen molar-refractivity contribution in [3.05, 3.63) is 88.3 Å². The van der Waals surface area contributed by atoms with Gasteiger partial charge >= 0.3 is 0 Å². The standard InChI is InChI=1S/C33H31FN4O/c1-5-22-6-8-23(9-7-22)25-16-27-29(18-25)35-20-36-32(27)38-14-12-33(3,13-15-38)31-19-26(21(2)37-31)24-10-11-30(39-4)28(34)17-24/h1,6-11,16-17,20H,12-15,18-19H2,2-4H3. The molecule has 5 nitrogen and oxygen atoms in total. The number of nitrogens with zero attached hydrogens (tertiary/aromatic N) is 4. The highest BCUT2D eigenvalue weighted by molar-refractivity contribution is 6.03. The maximum atomic E-state index is 14.4. The predicted molar refractivity (Wildman–Crippen MR) is 155 cm³/mol. The summed E-state index contributed by atoms with van der Waals surface area (Å²) in [7, 11) is 1.48. The van der Waals surface area contributed by atoms with E-state index in [4.69, 9.17) is 21.1 Å². The van der Waals surface area contributed by atoms with Crippen LogP contribution in [0.4, 0.5) is 10.2 Å². The average molecular weight is 519 g/mol. The number of allylic oxidation sites excluding steroid dienone is 3. The molecule has 0 spiro atoms. The molecule has 3 aliphatic rings. The first kappa shape index (κ1) is 25.1.